The van der Waals surface area contributed by atoms with Crippen LogP contribution in [0.1, 0.15) is 94.9 Å². The summed E-state index contributed by atoms with van der Waals surface area (Å²) in [7, 11) is 5.16. The van der Waals surface area contributed by atoms with Crippen LogP contribution in [-0.2, 0) is 42.7 Å². The first-order chi connectivity index (χ1) is 25.9. The largest absolute Gasteiger partial charge is 0.459 e. The molecule has 0 unspecified atom stereocenters. The number of aliphatic hydroxyl groups excluding tert-OH is 2. The van der Waals surface area contributed by atoms with E-state index in [0.717, 1.165) is 6.08 Å². The molecular formula is C40H70N2O14. The summed E-state index contributed by atoms with van der Waals surface area (Å²) < 4.78 is 43.4. The molecule has 16 nitrogen and oxygen atoms in total. The Morgan fingerprint density at radius 3 is 2.16 bits per heavy atom. The zero-order valence-electron chi connectivity index (χ0n) is 35.6. The van der Waals surface area contributed by atoms with E-state index in [-0.39, 0.29) is 37.1 Å². The van der Waals surface area contributed by atoms with Crippen molar-refractivity contribution >= 4 is 17.7 Å². The van der Waals surface area contributed by atoms with E-state index in [2.05, 4.69) is 11.7 Å². The molecule has 16 heteroatoms. The second-order valence-corrected chi connectivity index (χ2v) is 17.2. The van der Waals surface area contributed by atoms with Crippen LogP contribution < -0.4 is 0 Å². The highest BCUT2D eigenvalue weighted by Gasteiger charge is 2.54. The molecule has 0 saturated carbocycles. The number of esters is 2. The van der Waals surface area contributed by atoms with E-state index in [4.69, 9.17) is 33.2 Å². The predicted molar refractivity (Wildman–Crippen MR) is 205 cm³/mol. The number of carbonyl (C=O) groups is 2. The molecule has 0 aliphatic carbocycles. The summed E-state index contributed by atoms with van der Waals surface area (Å²) in [5.41, 5.74) is -4.81. The van der Waals surface area contributed by atoms with E-state index >= 15 is 0 Å². The predicted octanol–water partition coefficient (Wildman–Crippen LogP) is 2.78. The number of rotatable bonds is 9. The lowest BCUT2D eigenvalue weighted by Gasteiger charge is -2.49. The van der Waals surface area contributed by atoms with Crippen molar-refractivity contribution < 1.29 is 68.4 Å². The second-order valence-electron chi connectivity index (χ2n) is 17.2. The van der Waals surface area contributed by atoms with E-state index < -0.39 is 108 Å². The average molecular weight is 803 g/mol. The molecule has 0 aromatic carbocycles. The maximum Gasteiger partial charge on any atom is 0.330 e. The fourth-order valence-corrected chi connectivity index (χ4v) is 8.99. The average Bonchev–Trinajstić information content (AvgIpc) is 3.12. The van der Waals surface area contributed by atoms with Gasteiger partial charge in [-0.1, -0.05) is 39.4 Å². The van der Waals surface area contributed by atoms with E-state index in [1.807, 2.05) is 25.9 Å². The number of carbonyl (C=O) groups excluding carboxylic acids is 2. The van der Waals surface area contributed by atoms with Crippen molar-refractivity contribution in [3.8, 4) is 0 Å². The Labute approximate surface area is 332 Å². The van der Waals surface area contributed by atoms with Crippen molar-refractivity contribution in [3.63, 3.8) is 0 Å². The summed E-state index contributed by atoms with van der Waals surface area (Å²) in [5, 5.41) is 61.2. The zero-order valence-corrected chi connectivity index (χ0v) is 35.6. The second kappa shape index (κ2) is 19.2. The third-order valence-electron chi connectivity index (χ3n) is 12.3. The van der Waals surface area contributed by atoms with Crippen LogP contribution in [0.2, 0.25) is 0 Å². The monoisotopic (exact) mass is 802 g/mol. The summed E-state index contributed by atoms with van der Waals surface area (Å²) in [6.45, 7) is 20.0. The van der Waals surface area contributed by atoms with Crippen LogP contribution in [-0.4, -0.2) is 154 Å². The van der Waals surface area contributed by atoms with Gasteiger partial charge in [-0.2, -0.15) is 0 Å². The number of cyclic esters (lactones) is 1. The number of likely N-dealkylation sites (N-methyl/N-ethyl adjacent to an activating group) is 1. The molecule has 3 aliphatic rings. The van der Waals surface area contributed by atoms with Gasteiger partial charge in [0.15, 0.2) is 18.7 Å². The Kier molecular flexibility index (Phi) is 16.5. The highest BCUT2D eigenvalue weighted by Crippen LogP contribution is 2.41. The summed E-state index contributed by atoms with van der Waals surface area (Å²) in [5.74, 6) is -5.05. The molecule has 0 aromatic heterocycles. The van der Waals surface area contributed by atoms with E-state index in [1.54, 1.807) is 48.5 Å². The minimum atomic E-state index is -1.99. The van der Waals surface area contributed by atoms with Crippen molar-refractivity contribution in [3.05, 3.63) is 12.7 Å². The molecular weight excluding hydrogens is 732 g/mol. The van der Waals surface area contributed by atoms with Crippen LogP contribution in [0.15, 0.2) is 17.8 Å². The standard InChI is InChI=1S/C40H70N2O14/c1-15-27-40(11,48)33(45)22(5)30(41-49)20(3)18-38(9,47)34(56-37-31(44)26(42(12)13)17-21(4)51-37)23(6)32(24(7)36(46)53-27)55-29-19-39(10,50-14)35(25(8)52-29)54-28(43)16-2/h16,20-27,29,31-35,37,44-45,47-49H,2,15,17-19H2,1,3-14H3/b41-30+/t20-,21-,22+,23+,24-,25+,26+,27-,29+,31-,32+,33-,34-,35+,37+,38-,39-,40-/m1/s1. The first-order valence-corrected chi connectivity index (χ1v) is 19.8. The van der Waals surface area contributed by atoms with E-state index in [1.165, 1.54) is 21.0 Å². The molecule has 3 heterocycles. The minimum absolute atomic E-state index is 0.0477. The van der Waals surface area contributed by atoms with Gasteiger partial charge < -0.3 is 63.7 Å². The number of hydrogen-bond donors (Lipinski definition) is 5. The van der Waals surface area contributed by atoms with Gasteiger partial charge in [-0.15, -0.1) is 0 Å². The van der Waals surface area contributed by atoms with Crippen molar-refractivity contribution in [1.82, 2.24) is 4.90 Å². The molecule has 0 aromatic rings. The fourth-order valence-electron chi connectivity index (χ4n) is 8.99. The Balaban J connectivity index is 2.21. The summed E-state index contributed by atoms with van der Waals surface area (Å²) in [6.07, 6.45) is -8.76. The van der Waals surface area contributed by atoms with Crippen molar-refractivity contribution in [2.75, 3.05) is 21.2 Å². The summed E-state index contributed by atoms with van der Waals surface area (Å²) in [6, 6.07) is -0.344. The molecule has 56 heavy (non-hydrogen) atoms. The molecule has 0 radical (unpaired) electrons. The Hall–Kier alpha value is -2.25. The normalized spacial score (nSPS) is 46.9. The summed E-state index contributed by atoms with van der Waals surface area (Å²) >= 11 is 0. The van der Waals surface area contributed by atoms with Gasteiger partial charge in [-0.3, -0.25) is 4.79 Å². The number of nitrogens with zero attached hydrogens (tertiary/aromatic N) is 2. The molecule has 3 rings (SSSR count). The van der Waals surface area contributed by atoms with Gasteiger partial charge in [0.25, 0.3) is 0 Å². The number of ether oxygens (including phenoxy) is 7. The Bertz CT molecular complexity index is 1360. The van der Waals surface area contributed by atoms with Gasteiger partial charge in [0.1, 0.15) is 23.4 Å². The lowest BCUT2D eigenvalue weighted by Crippen LogP contribution is -2.61. The van der Waals surface area contributed by atoms with E-state index in [0.29, 0.717) is 6.42 Å². The third kappa shape index (κ3) is 10.5. The molecule has 324 valence electrons. The smallest absolute Gasteiger partial charge is 0.330 e. The first-order valence-electron chi connectivity index (χ1n) is 19.8. The number of methoxy groups -OCH3 is 1. The quantitative estimate of drug-likeness (QED) is 0.0981. The van der Waals surface area contributed by atoms with Crippen LogP contribution >= 0.6 is 0 Å². The van der Waals surface area contributed by atoms with Gasteiger partial charge in [-0.05, 0) is 74.9 Å². The maximum absolute atomic E-state index is 14.3. The first kappa shape index (κ1) is 48.1. The number of hydrogen-bond acceptors (Lipinski definition) is 16. The minimum Gasteiger partial charge on any atom is -0.459 e. The number of aliphatic hydroxyl groups is 4. The fraction of sp³-hybridized carbons (Fsp3) is 0.875. The van der Waals surface area contributed by atoms with Crippen molar-refractivity contribution in [1.29, 1.82) is 0 Å². The van der Waals surface area contributed by atoms with Crippen LogP contribution in [0.5, 0.6) is 0 Å². The molecule has 3 aliphatic heterocycles. The van der Waals surface area contributed by atoms with Gasteiger partial charge in [0.05, 0.1) is 47.8 Å². The molecule has 0 amide bonds. The van der Waals surface area contributed by atoms with Gasteiger partial charge in [0, 0.05) is 43.4 Å². The van der Waals surface area contributed by atoms with Crippen LogP contribution in [0.25, 0.3) is 0 Å². The Morgan fingerprint density at radius 2 is 1.62 bits per heavy atom. The third-order valence-corrected chi connectivity index (χ3v) is 12.3. The van der Waals surface area contributed by atoms with Crippen molar-refractivity contribution in [2.45, 2.75) is 179 Å². The zero-order chi connectivity index (χ0) is 42.7. The molecule has 3 fully saturated rings. The number of oxime groups is 1. The van der Waals surface area contributed by atoms with E-state index in [9.17, 15) is 35.2 Å². The molecule has 0 spiro atoms. The summed E-state index contributed by atoms with van der Waals surface area (Å²) in [4.78, 5) is 28.4. The van der Waals surface area contributed by atoms with Gasteiger partial charge in [-0.25, -0.2) is 4.79 Å². The molecule has 3 saturated heterocycles. The highest BCUT2D eigenvalue weighted by atomic mass is 16.7. The highest BCUT2D eigenvalue weighted by molar-refractivity contribution is 5.88. The lowest BCUT2D eigenvalue weighted by atomic mass is 9.73. The lowest BCUT2D eigenvalue weighted by molar-refractivity contribution is -0.318. The molecule has 0 bridgehead atoms. The van der Waals surface area contributed by atoms with Crippen LogP contribution in [0.3, 0.4) is 0 Å². The van der Waals surface area contributed by atoms with Gasteiger partial charge >= 0.3 is 11.9 Å². The van der Waals surface area contributed by atoms with Crippen LogP contribution in [0, 0.1) is 23.7 Å². The topological polar surface area (TPSA) is 215 Å². The maximum atomic E-state index is 14.3. The molecule has 18 atom stereocenters. The van der Waals surface area contributed by atoms with Crippen LogP contribution in [0.4, 0.5) is 0 Å². The van der Waals surface area contributed by atoms with Gasteiger partial charge in [0.2, 0.25) is 0 Å². The molecule has 5 N–H and O–H groups in total. The SMILES string of the molecule is C=CC(=O)O[C@H]1[C@H](C)O[C@@H](O[C@H]2[C@H](C)[C@@H](O[C@@H]3O[C@H](C)C[C@H](N(C)C)[C@H]3O)[C@](C)(O)C[C@@H](C)/C(=N\O)[C@H](C)[C@@H](O)[C@](C)(O)[C@@H](CC)OC(=O)[C@@H]2C)C[C@@]1(C)OC. The Morgan fingerprint density at radius 1 is 1.00 bits per heavy atom. The van der Waals surface area contributed by atoms with Crippen molar-refractivity contribution in [2.24, 2.45) is 28.8 Å².